The maximum Gasteiger partial charge on any atom is 0.146 e. The first kappa shape index (κ1) is 14.7. The number of aromatic nitrogens is 3. The van der Waals surface area contributed by atoms with E-state index in [0.717, 1.165) is 29.2 Å². The number of aryl methyl sites for hydroxylation is 1. The molecule has 3 rings (SSSR count). The molecule has 0 spiro atoms. The van der Waals surface area contributed by atoms with Crippen molar-refractivity contribution in [3.63, 3.8) is 0 Å². The molecule has 0 aliphatic heterocycles. The lowest BCUT2D eigenvalue weighted by Gasteiger charge is -2.34. The monoisotopic (exact) mass is 348 g/mol. The van der Waals surface area contributed by atoms with Gasteiger partial charge < -0.3 is 9.88 Å². The summed E-state index contributed by atoms with van der Waals surface area (Å²) in [5.74, 6) is 1.79. The Bertz CT molecular complexity index is 574. The van der Waals surface area contributed by atoms with Crippen molar-refractivity contribution in [3.8, 4) is 0 Å². The lowest BCUT2D eigenvalue weighted by atomic mass is 9.77. The van der Waals surface area contributed by atoms with Gasteiger partial charge in [-0.1, -0.05) is 34.5 Å². The van der Waals surface area contributed by atoms with Gasteiger partial charge in [0, 0.05) is 17.6 Å². The number of nitrogens with zero attached hydrogens (tertiary/aromatic N) is 3. The molecule has 21 heavy (non-hydrogen) atoms. The van der Waals surface area contributed by atoms with Gasteiger partial charge in [0.2, 0.25) is 0 Å². The van der Waals surface area contributed by atoms with Crippen molar-refractivity contribution in [3.05, 3.63) is 46.5 Å². The van der Waals surface area contributed by atoms with Gasteiger partial charge in [-0.05, 0) is 42.9 Å². The van der Waals surface area contributed by atoms with Crippen LogP contribution in [-0.4, -0.2) is 20.8 Å². The third-order valence-corrected chi connectivity index (χ3v) is 4.94. The molecular formula is C16H21BrN4. The van der Waals surface area contributed by atoms with E-state index < -0.39 is 0 Å². The molecule has 4 nitrogen and oxygen atoms in total. The van der Waals surface area contributed by atoms with Crippen LogP contribution < -0.4 is 5.32 Å². The van der Waals surface area contributed by atoms with E-state index in [0.29, 0.717) is 6.04 Å². The Labute approximate surface area is 134 Å². The topological polar surface area (TPSA) is 42.7 Å². The zero-order valence-corrected chi connectivity index (χ0v) is 13.9. The van der Waals surface area contributed by atoms with E-state index in [1.54, 1.807) is 6.33 Å². The lowest BCUT2D eigenvalue weighted by Crippen LogP contribution is -2.41. The summed E-state index contributed by atoms with van der Waals surface area (Å²) in [5, 5.41) is 11.8. The summed E-state index contributed by atoms with van der Waals surface area (Å²) in [6.45, 7) is 0.786. The molecule has 2 aromatic rings. The fourth-order valence-electron chi connectivity index (χ4n) is 2.81. The zero-order chi connectivity index (χ0) is 14.7. The standard InChI is InChI=1S/C16H21BrN4/c1-21-11-19-20-16(21)10-18-15(13-3-2-4-13)9-12-5-7-14(17)8-6-12/h5-8,11,13,15,18H,2-4,9-10H2,1H3. The Kier molecular flexibility index (Phi) is 4.70. The molecule has 1 aliphatic carbocycles. The van der Waals surface area contributed by atoms with Gasteiger partial charge in [-0.3, -0.25) is 0 Å². The normalized spacial score (nSPS) is 16.7. The second-order valence-corrected chi connectivity index (χ2v) is 6.78. The molecular weight excluding hydrogens is 328 g/mol. The number of rotatable bonds is 6. The summed E-state index contributed by atoms with van der Waals surface area (Å²) in [4.78, 5) is 0. The first-order chi connectivity index (χ1) is 10.2. The SMILES string of the molecule is Cn1cnnc1CNC(Cc1ccc(Br)cc1)C1CCC1. The van der Waals surface area contributed by atoms with E-state index in [9.17, 15) is 0 Å². The van der Waals surface area contributed by atoms with Gasteiger partial charge in [0.15, 0.2) is 0 Å². The fourth-order valence-corrected chi connectivity index (χ4v) is 3.08. The molecule has 1 saturated carbocycles. The lowest BCUT2D eigenvalue weighted by molar-refractivity contribution is 0.224. The third kappa shape index (κ3) is 3.71. The van der Waals surface area contributed by atoms with Gasteiger partial charge in [-0.15, -0.1) is 10.2 Å². The minimum Gasteiger partial charge on any atom is -0.320 e. The van der Waals surface area contributed by atoms with Crippen molar-refractivity contribution in [2.75, 3.05) is 0 Å². The summed E-state index contributed by atoms with van der Waals surface area (Å²) in [6, 6.07) is 9.18. The summed E-state index contributed by atoms with van der Waals surface area (Å²) >= 11 is 3.50. The van der Waals surface area contributed by atoms with Crippen LogP contribution in [0, 0.1) is 5.92 Å². The Morgan fingerprint density at radius 1 is 1.33 bits per heavy atom. The predicted molar refractivity (Wildman–Crippen MR) is 86.8 cm³/mol. The molecule has 1 aliphatic rings. The van der Waals surface area contributed by atoms with E-state index in [2.05, 4.69) is 55.7 Å². The van der Waals surface area contributed by atoms with Crippen LogP contribution in [0.25, 0.3) is 0 Å². The fraction of sp³-hybridized carbons (Fsp3) is 0.500. The smallest absolute Gasteiger partial charge is 0.146 e. The van der Waals surface area contributed by atoms with Gasteiger partial charge in [-0.25, -0.2) is 0 Å². The Hall–Kier alpha value is -1.20. The van der Waals surface area contributed by atoms with Gasteiger partial charge >= 0.3 is 0 Å². The maximum absolute atomic E-state index is 4.15. The minimum absolute atomic E-state index is 0.525. The highest BCUT2D eigenvalue weighted by atomic mass is 79.9. The van der Waals surface area contributed by atoms with E-state index in [4.69, 9.17) is 0 Å². The molecule has 0 bridgehead atoms. The van der Waals surface area contributed by atoms with Gasteiger partial charge in [-0.2, -0.15) is 0 Å². The van der Waals surface area contributed by atoms with Crippen molar-refractivity contribution in [1.82, 2.24) is 20.1 Å². The first-order valence-corrected chi connectivity index (χ1v) is 8.32. The number of nitrogens with one attached hydrogen (secondary N) is 1. The van der Waals surface area contributed by atoms with E-state index in [-0.39, 0.29) is 0 Å². The van der Waals surface area contributed by atoms with Crippen LogP contribution in [0.2, 0.25) is 0 Å². The highest BCUT2D eigenvalue weighted by Crippen LogP contribution is 2.31. The molecule has 1 atom stereocenters. The molecule has 1 heterocycles. The number of hydrogen-bond donors (Lipinski definition) is 1. The van der Waals surface area contributed by atoms with Crippen LogP contribution in [0.4, 0.5) is 0 Å². The van der Waals surface area contributed by atoms with Crippen LogP contribution >= 0.6 is 15.9 Å². The Morgan fingerprint density at radius 2 is 2.10 bits per heavy atom. The maximum atomic E-state index is 4.15. The van der Waals surface area contributed by atoms with E-state index in [1.165, 1.54) is 24.8 Å². The van der Waals surface area contributed by atoms with Gasteiger partial charge in [0.25, 0.3) is 0 Å². The zero-order valence-electron chi connectivity index (χ0n) is 12.3. The van der Waals surface area contributed by atoms with Crippen LogP contribution in [-0.2, 0) is 20.0 Å². The average Bonchev–Trinajstić information content (AvgIpc) is 2.82. The predicted octanol–water partition coefficient (Wildman–Crippen LogP) is 3.08. The molecule has 0 radical (unpaired) electrons. The molecule has 1 aromatic heterocycles. The van der Waals surface area contributed by atoms with Crippen LogP contribution in [0.1, 0.15) is 30.7 Å². The number of hydrogen-bond acceptors (Lipinski definition) is 3. The minimum atomic E-state index is 0.525. The molecule has 1 aromatic carbocycles. The summed E-state index contributed by atoms with van der Waals surface area (Å²) in [6.07, 6.45) is 6.88. The van der Waals surface area contributed by atoms with Gasteiger partial charge in [0.1, 0.15) is 12.2 Å². The Morgan fingerprint density at radius 3 is 2.67 bits per heavy atom. The van der Waals surface area contributed by atoms with Crippen molar-refractivity contribution >= 4 is 15.9 Å². The molecule has 112 valence electrons. The highest BCUT2D eigenvalue weighted by Gasteiger charge is 2.27. The molecule has 5 heteroatoms. The quantitative estimate of drug-likeness (QED) is 0.872. The van der Waals surface area contributed by atoms with Crippen molar-refractivity contribution in [2.24, 2.45) is 13.0 Å². The average molecular weight is 349 g/mol. The van der Waals surface area contributed by atoms with E-state index in [1.807, 2.05) is 11.6 Å². The first-order valence-electron chi connectivity index (χ1n) is 7.53. The third-order valence-electron chi connectivity index (χ3n) is 4.42. The van der Waals surface area contributed by atoms with Crippen molar-refractivity contribution < 1.29 is 0 Å². The molecule has 1 N–H and O–H groups in total. The summed E-state index contributed by atoms with van der Waals surface area (Å²) < 4.78 is 3.11. The second-order valence-electron chi connectivity index (χ2n) is 5.87. The second kappa shape index (κ2) is 6.71. The largest absolute Gasteiger partial charge is 0.320 e. The van der Waals surface area contributed by atoms with Crippen LogP contribution in [0.3, 0.4) is 0 Å². The van der Waals surface area contributed by atoms with Crippen LogP contribution in [0.5, 0.6) is 0 Å². The highest BCUT2D eigenvalue weighted by molar-refractivity contribution is 9.10. The molecule has 1 unspecified atom stereocenters. The summed E-state index contributed by atoms with van der Waals surface area (Å²) in [7, 11) is 1.99. The molecule has 1 fully saturated rings. The Balaban J connectivity index is 1.63. The van der Waals surface area contributed by atoms with E-state index >= 15 is 0 Å². The van der Waals surface area contributed by atoms with Crippen molar-refractivity contribution in [1.29, 1.82) is 0 Å². The van der Waals surface area contributed by atoms with Crippen molar-refractivity contribution in [2.45, 2.75) is 38.3 Å². The van der Waals surface area contributed by atoms with Gasteiger partial charge in [0.05, 0.1) is 6.54 Å². The number of benzene rings is 1. The molecule has 0 saturated heterocycles. The summed E-state index contributed by atoms with van der Waals surface area (Å²) in [5.41, 5.74) is 1.39. The molecule has 0 amide bonds. The number of halogens is 1. The van der Waals surface area contributed by atoms with Crippen LogP contribution in [0.15, 0.2) is 35.1 Å².